The molecule has 6 rings (SSSR count). The number of hydrogen-bond donors (Lipinski definition) is 1. The van der Waals surface area contributed by atoms with Gasteiger partial charge in [0.15, 0.2) is 17.1 Å². The van der Waals surface area contributed by atoms with Crippen LogP contribution in [0.2, 0.25) is 0 Å². The van der Waals surface area contributed by atoms with E-state index in [4.69, 9.17) is 14.6 Å². The molecule has 2 aliphatic heterocycles. The highest BCUT2D eigenvalue weighted by Gasteiger charge is 2.39. The number of piperidine rings is 1. The smallest absolute Gasteiger partial charge is 0.276 e. The Bertz CT molecular complexity index is 1200. The van der Waals surface area contributed by atoms with Gasteiger partial charge in [0.2, 0.25) is 0 Å². The monoisotopic (exact) mass is 464 g/mol. The Morgan fingerprint density at radius 2 is 1.85 bits per heavy atom. The third-order valence-electron chi connectivity index (χ3n) is 7.75. The summed E-state index contributed by atoms with van der Waals surface area (Å²) in [6.07, 6.45) is 10.5. The Morgan fingerprint density at radius 1 is 1.09 bits per heavy atom. The second-order valence-corrected chi connectivity index (χ2v) is 10.1. The van der Waals surface area contributed by atoms with E-state index in [0.717, 1.165) is 67.9 Å². The number of likely N-dealkylation sites (tertiary alicyclic amines) is 1. The van der Waals surface area contributed by atoms with Crippen LogP contribution < -0.4 is 4.90 Å². The molecule has 2 saturated heterocycles. The summed E-state index contributed by atoms with van der Waals surface area (Å²) in [5.41, 5.74) is 2.05. The minimum absolute atomic E-state index is 0.131. The van der Waals surface area contributed by atoms with E-state index in [2.05, 4.69) is 17.0 Å². The van der Waals surface area contributed by atoms with Crippen molar-refractivity contribution >= 4 is 17.4 Å². The van der Waals surface area contributed by atoms with Crippen LogP contribution >= 0.6 is 0 Å². The molecule has 0 bridgehead atoms. The van der Waals surface area contributed by atoms with Gasteiger partial charge in [-0.05, 0) is 64.7 Å². The number of anilines is 1. The second-order valence-electron chi connectivity index (χ2n) is 10.1. The van der Waals surface area contributed by atoms with Crippen LogP contribution in [0.4, 0.5) is 5.82 Å². The summed E-state index contributed by atoms with van der Waals surface area (Å²) in [5, 5.41) is 19.7. The summed E-state index contributed by atoms with van der Waals surface area (Å²) in [6.45, 7) is 4.82. The number of amides is 1. The largest absolute Gasteiger partial charge is 0.382 e. The zero-order chi connectivity index (χ0) is 23.3. The average Bonchev–Trinajstić information content (AvgIpc) is 3.65. The van der Waals surface area contributed by atoms with E-state index in [1.54, 1.807) is 6.07 Å². The number of carbonyl (C=O) groups is 1. The van der Waals surface area contributed by atoms with Crippen LogP contribution in [-0.4, -0.2) is 55.3 Å². The van der Waals surface area contributed by atoms with Gasteiger partial charge < -0.3 is 19.4 Å². The molecule has 9 nitrogen and oxygen atoms in total. The van der Waals surface area contributed by atoms with Gasteiger partial charge in [0, 0.05) is 43.5 Å². The summed E-state index contributed by atoms with van der Waals surface area (Å²) in [5.74, 6) is 1.28. The summed E-state index contributed by atoms with van der Waals surface area (Å²) in [6, 6.07) is 3.52. The predicted molar refractivity (Wildman–Crippen MR) is 126 cm³/mol. The maximum atomic E-state index is 13.5. The topological polar surface area (TPSA) is 100 Å². The quantitative estimate of drug-likeness (QED) is 0.628. The van der Waals surface area contributed by atoms with E-state index < -0.39 is 5.60 Å². The van der Waals surface area contributed by atoms with Crippen molar-refractivity contribution in [1.82, 2.24) is 24.7 Å². The van der Waals surface area contributed by atoms with Gasteiger partial charge in [0.1, 0.15) is 11.4 Å². The zero-order valence-electron chi connectivity index (χ0n) is 19.7. The first-order valence-corrected chi connectivity index (χ1v) is 12.6. The maximum Gasteiger partial charge on any atom is 0.276 e. The number of carbonyl (C=O) groups excluding carboxylic acids is 1. The van der Waals surface area contributed by atoms with E-state index in [9.17, 15) is 9.90 Å². The van der Waals surface area contributed by atoms with Crippen molar-refractivity contribution < 1.29 is 14.4 Å². The minimum Gasteiger partial charge on any atom is -0.382 e. The Hall–Kier alpha value is -2.94. The van der Waals surface area contributed by atoms with Gasteiger partial charge in [-0.2, -0.15) is 5.10 Å². The van der Waals surface area contributed by atoms with Crippen LogP contribution in [-0.2, 0) is 5.60 Å². The predicted octanol–water partition coefficient (Wildman–Crippen LogP) is 3.75. The molecule has 0 radical (unpaired) electrons. The van der Waals surface area contributed by atoms with Gasteiger partial charge in [-0.3, -0.25) is 4.79 Å². The Balaban J connectivity index is 1.28. The van der Waals surface area contributed by atoms with Crippen LogP contribution in [0.15, 0.2) is 22.9 Å². The molecule has 1 amide bonds. The first kappa shape index (κ1) is 21.6. The van der Waals surface area contributed by atoms with Gasteiger partial charge in [0.25, 0.3) is 5.91 Å². The highest BCUT2D eigenvalue weighted by molar-refractivity contribution is 5.92. The summed E-state index contributed by atoms with van der Waals surface area (Å²) < 4.78 is 7.28. The highest BCUT2D eigenvalue weighted by atomic mass is 16.5. The molecule has 5 heterocycles. The Morgan fingerprint density at radius 3 is 2.65 bits per heavy atom. The maximum absolute atomic E-state index is 13.5. The molecule has 1 N–H and O–H groups in total. The van der Waals surface area contributed by atoms with Crippen LogP contribution in [0.1, 0.15) is 91.3 Å². The molecule has 1 unspecified atom stereocenters. The molecule has 3 aromatic rings. The third-order valence-corrected chi connectivity index (χ3v) is 7.75. The SMILES string of the molecule is Cc1cn2nc(C3CCCCN3C(=O)c3cc(C4(O)CCCC4)on3)cc2nc1N1CCCC1. The molecule has 0 aromatic carbocycles. The van der Waals surface area contributed by atoms with Crippen LogP contribution in [0.5, 0.6) is 0 Å². The van der Waals surface area contributed by atoms with E-state index in [1.165, 1.54) is 12.8 Å². The lowest BCUT2D eigenvalue weighted by atomic mass is 9.97. The van der Waals surface area contributed by atoms with Gasteiger partial charge in [0.05, 0.1) is 11.7 Å². The molecule has 3 fully saturated rings. The molecule has 1 atom stereocenters. The lowest BCUT2D eigenvalue weighted by Crippen LogP contribution is -2.38. The van der Waals surface area contributed by atoms with Crippen molar-refractivity contribution in [2.24, 2.45) is 0 Å². The molecule has 34 heavy (non-hydrogen) atoms. The fraction of sp³-hybridized carbons (Fsp3) is 0.600. The van der Waals surface area contributed by atoms with Crippen molar-refractivity contribution in [2.45, 2.75) is 76.4 Å². The first-order chi connectivity index (χ1) is 16.5. The molecule has 3 aromatic heterocycles. The number of rotatable bonds is 4. The number of aryl methyl sites for hydroxylation is 1. The molecule has 0 spiro atoms. The standard InChI is InChI=1S/C25H32N6O3/c1-17-16-31-22(26-23(17)29-11-6-7-12-29)15-18(27-31)20-8-2-5-13-30(20)24(32)19-14-21(34-28-19)25(33)9-3-4-10-25/h14-16,20,33H,2-13H2,1H3. The minimum atomic E-state index is -0.995. The summed E-state index contributed by atoms with van der Waals surface area (Å²) >= 11 is 0. The van der Waals surface area contributed by atoms with E-state index >= 15 is 0 Å². The lowest BCUT2D eigenvalue weighted by Gasteiger charge is -2.34. The van der Waals surface area contributed by atoms with Crippen LogP contribution in [0.25, 0.3) is 5.65 Å². The molecular weight excluding hydrogens is 432 g/mol. The number of aromatic nitrogens is 4. The second kappa shape index (κ2) is 8.37. The molecular formula is C25H32N6O3. The normalized spacial score (nSPS) is 22.7. The van der Waals surface area contributed by atoms with Gasteiger partial charge in [-0.15, -0.1) is 0 Å². The fourth-order valence-electron chi connectivity index (χ4n) is 5.86. The molecule has 9 heteroatoms. The average molecular weight is 465 g/mol. The highest BCUT2D eigenvalue weighted by Crippen LogP contribution is 2.39. The van der Waals surface area contributed by atoms with E-state index in [0.29, 0.717) is 25.1 Å². The van der Waals surface area contributed by atoms with Gasteiger partial charge in [-0.1, -0.05) is 5.16 Å². The Labute approximate surface area is 198 Å². The van der Waals surface area contributed by atoms with Crippen LogP contribution in [0.3, 0.4) is 0 Å². The summed E-state index contributed by atoms with van der Waals surface area (Å²) in [4.78, 5) is 22.6. The lowest BCUT2D eigenvalue weighted by molar-refractivity contribution is 0.0162. The van der Waals surface area contributed by atoms with E-state index in [1.807, 2.05) is 21.7 Å². The molecule has 3 aliphatic rings. The van der Waals surface area contributed by atoms with Gasteiger partial charge >= 0.3 is 0 Å². The van der Waals surface area contributed by atoms with E-state index in [-0.39, 0.29) is 17.6 Å². The van der Waals surface area contributed by atoms with Crippen LogP contribution in [0, 0.1) is 6.92 Å². The summed E-state index contributed by atoms with van der Waals surface area (Å²) in [7, 11) is 0. The Kier molecular flexibility index (Phi) is 5.32. The van der Waals surface area contributed by atoms with Crippen molar-refractivity contribution in [2.75, 3.05) is 24.5 Å². The third kappa shape index (κ3) is 3.66. The number of nitrogens with zero attached hydrogens (tertiary/aromatic N) is 6. The van der Waals surface area contributed by atoms with Crippen molar-refractivity contribution in [3.63, 3.8) is 0 Å². The van der Waals surface area contributed by atoms with Gasteiger partial charge in [-0.25, -0.2) is 9.50 Å². The van der Waals surface area contributed by atoms with Crippen molar-refractivity contribution in [3.8, 4) is 0 Å². The fourth-order valence-corrected chi connectivity index (χ4v) is 5.86. The number of fused-ring (bicyclic) bond motifs is 1. The van der Waals surface area contributed by atoms with Crippen molar-refractivity contribution in [3.05, 3.63) is 41.0 Å². The zero-order valence-corrected chi connectivity index (χ0v) is 19.7. The molecule has 1 aliphatic carbocycles. The molecule has 1 saturated carbocycles. The first-order valence-electron chi connectivity index (χ1n) is 12.6. The number of aliphatic hydroxyl groups is 1. The number of hydrogen-bond acceptors (Lipinski definition) is 7. The van der Waals surface area contributed by atoms with Crippen molar-refractivity contribution in [1.29, 1.82) is 0 Å². The molecule has 180 valence electrons.